The lowest BCUT2D eigenvalue weighted by Crippen LogP contribution is -2.38. The molecule has 1 rings (SSSR count). The van der Waals surface area contributed by atoms with Crippen LogP contribution in [0.25, 0.3) is 0 Å². The van der Waals surface area contributed by atoms with Gasteiger partial charge in [-0.2, -0.15) is 5.26 Å². The van der Waals surface area contributed by atoms with Crippen LogP contribution in [0.15, 0.2) is 18.2 Å². The van der Waals surface area contributed by atoms with Crippen LogP contribution in [0.5, 0.6) is 0 Å². The molecule has 5 heteroatoms. The maximum atomic E-state index is 12.0. The Morgan fingerprint density at radius 2 is 2.05 bits per heavy atom. The van der Waals surface area contributed by atoms with E-state index in [2.05, 4.69) is 11.4 Å². The number of nitriles is 1. The molecule has 1 aromatic carbocycles. The molecule has 108 valence electrons. The van der Waals surface area contributed by atoms with E-state index in [0.29, 0.717) is 23.0 Å². The standard InChI is InChI=1S/C15H18Cl2N2O/c1-15(2,3)12(9-18)14(20)19-7-6-10-4-5-11(16)8-13(10)17/h4-5,8,12H,6-7H2,1-3H3,(H,19,20)/t12-/m1/s1. The fourth-order valence-electron chi connectivity index (χ4n) is 1.79. The van der Waals surface area contributed by atoms with Gasteiger partial charge in [0.1, 0.15) is 5.92 Å². The number of nitrogens with zero attached hydrogens (tertiary/aromatic N) is 1. The Balaban J connectivity index is 2.56. The van der Waals surface area contributed by atoms with Crippen LogP contribution >= 0.6 is 23.2 Å². The van der Waals surface area contributed by atoms with E-state index in [1.165, 1.54) is 0 Å². The van der Waals surface area contributed by atoms with Crippen LogP contribution in [0.1, 0.15) is 26.3 Å². The molecule has 1 N–H and O–H groups in total. The topological polar surface area (TPSA) is 52.9 Å². The van der Waals surface area contributed by atoms with Gasteiger partial charge in [-0.25, -0.2) is 0 Å². The van der Waals surface area contributed by atoms with Gasteiger partial charge in [-0.05, 0) is 29.5 Å². The lowest BCUT2D eigenvalue weighted by molar-refractivity contribution is -0.125. The molecule has 1 aromatic rings. The van der Waals surface area contributed by atoms with Crippen LogP contribution in [0, 0.1) is 22.7 Å². The average Bonchev–Trinajstić information content (AvgIpc) is 2.31. The van der Waals surface area contributed by atoms with Gasteiger partial charge in [-0.3, -0.25) is 4.79 Å². The number of carbonyl (C=O) groups excluding carboxylic acids is 1. The molecule has 0 spiro atoms. The molecule has 20 heavy (non-hydrogen) atoms. The highest BCUT2D eigenvalue weighted by atomic mass is 35.5. The quantitative estimate of drug-likeness (QED) is 0.918. The third-order valence-corrected chi connectivity index (χ3v) is 3.55. The summed E-state index contributed by atoms with van der Waals surface area (Å²) in [6, 6.07) is 7.33. The monoisotopic (exact) mass is 312 g/mol. The Kier molecular flexibility index (Phi) is 5.86. The lowest BCUT2D eigenvalue weighted by atomic mass is 9.81. The summed E-state index contributed by atoms with van der Waals surface area (Å²) in [6.45, 7) is 6.05. The van der Waals surface area contributed by atoms with Crippen molar-refractivity contribution in [3.8, 4) is 6.07 Å². The van der Waals surface area contributed by atoms with Gasteiger partial charge in [-0.1, -0.05) is 50.0 Å². The summed E-state index contributed by atoms with van der Waals surface area (Å²) in [6.07, 6.45) is 0.601. The molecule has 0 bridgehead atoms. The summed E-state index contributed by atoms with van der Waals surface area (Å²) in [4.78, 5) is 12.0. The maximum Gasteiger partial charge on any atom is 0.237 e. The number of hydrogen-bond donors (Lipinski definition) is 1. The number of halogens is 2. The van der Waals surface area contributed by atoms with Gasteiger partial charge in [0.05, 0.1) is 6.07 Å². The van der Waals surface area contributed by atoms with Gasteiger partial charge in [-0.15, -0.1) is 0 Å². The highest BCUT2D eigenvalue weighted by molar-refractivity contribution is 6.35. The molecular formula is C15H18Cl2N2O. The molecule has 0 fully saturated rings. The Bertz CT molecular complexity index is 530. The molecule has 0 unspecified atom stereocenters. The average molecular weight is 313 g/mol. The van der Waals surface area contributed by atoms with Crippen molar-refractivity contribution in [2.45, 2.75) is 27.2 Å². The molecule has 0 aliphatic rings. The van der Waals surface area contributed by atoms with Crippen molar-refractivity contribution in [1.29, 1.82) is 5.26 Å². The first-order valence-electron chi connectivity index (χ1n) is 6.37. The second kappa shape index (κ2) is 6.97. The van der Waals surface area contributed by atoms with Crippen molar-refractivity contribution in [2.24, 2.45) is 11.3 Å². The van der Waals surface area contributed by atoms with Crippen LogP contribution in [-0.4, -0.2) is 12.5 Å². The summed E-state index contributed by atoms with van der Waals surface area (Å²) < 4.78 is 0. The Hall–Kier alpha value is -1.24. The number of carbonyl (C=O) groups is 1. The summed E-state index contributed by atoms with van der Waals surface area (Å²) in [5.74, 6) is -0.909. The molecule has 1 atom stereocenters. The Morgan fingerprint density at radius 3 is 2.55 bits per heavy atom. The molecular weight excluding hydrogens is 295 g/mol. The van der Waals surface area contributed by atoms with Gasteiger partial charge in [0.2, 0.25) is 5.91 Å². The molecule has 3 nitrogen and oxygen atoms in total. The van der Waals surface area contributed by atoms with Crippen LogP contribution < -0.4 is 5.32 Å². The molecule has 0 radical (unpaired) electrons. The lowest BCUT2D eigenvalue weighted by Gasteiger charge is -2.23. The first-order valence-corrected chi connectivity index (χ1v) is 7.12. The summed E-state index contributed by atoms with van der Waals surface area (Å²) >= 11 is 11.9. The molecule has 0 saturated heterocycles. The zero-order valence-corrected chi connectivity index (χ0v) is 13.3. The van der Waals surface area contributed by atoms with Crippen LogP contribution in [0.2, 0.25) is 10.0 Å². The first kappa shape index (κ1) is 16.8. The van der Waals surface area contributed by atoms with Crippen molar-refractivity contribution < 1.29 is 4.79 Å². The summed E-state index contributed by atoms with van der Waals surface area (Å²) in [7, 11) is 0. The normalized spacial score (nSPS) is 12.6. The largest absolute Gasteiger partial charge is 0.355 e. The minimum Gasteiger partial charge on any atom is -0.355 e. The van der Waals surface area contributed by atoms with Crippen LogP contribution in [0.3, 0.4) is 0 Å². The predicted octanol–water partition coefficient (Wildman–Crippen LogP) is 3.84. The smallest absolute Gasteiger partial charge is 0.237 e. The van der Waals surface area contributed by atoms with E-state index in [1.807, 2.05) is 26.8 Å². The van der Waals surface area contributed by atoms with Gasteiger partial charge in [0.25, 0.3) is 0 Å². The van der Waals surface area contributed by atoms with Gasteiger partial charge < -0.3 is 5.32 Å². The number of nitrogens with one attached hydrogen (secondary N) is 1. The SMILES string of the molecule is CC(C)(C)[C@H](C#N)C(=O)NCCc1ccc(Cl)cc1Cl. The van der Waals surface area contributed by atoms with E-state index in [4.69, 9.17) is 28.5 Å². The Labute approximate surface area is 129 Å². The fourth-order valence-corrected chi connectivity index (χ4v) is 2.30. The fraction of sp³-hybridized carbons (Fsp3) is 0.467. The van der Waals surface area contributed by atoms with Crippen LogP contribution in [-0.2, 0) is 11.2 Å². The zero-order valence-electron chi connectivity index (χ0n) is 11.8. The van der Waals surface area contributed by atoms with Gasteiger partial charge in [0, 0.05) is 16.6 Å². The van der Waals surface area contributed by atoms with Crippen molar-refractivity contribution >= 4 is 29.1 Å². The minimum atomic E-state index is -0.664. The molecule has 0 aromatic heterocycles. The number of hydrogen-bond acceptors (Lipinski definition) is 2. The summed E-state index contributed by atoms with van der Waals surface area (Å²) in [5.41, 5.74) is 0.539. The third-order valence-electron chi connectivity index (χ3n) is 2.97. The Morgan fingerprint density at radius 1 is 1.40 bits per heavy atom. The van der Waals surface area contributed by atoms with Crippen molar-refractivity contribution in [3.63, 3.8) is 0 Å². The van der Waals surface area contributed by atoms with E-state index in [0.717, 1.165) is 5.56 Å². The van der Waals surface area contributed by atoms with Gasteiger partial charge in [0.15, 0.2) is 0 Å². The number of benzene rings is 1. The van der Waals surface area contributed by atoms with E-state index < -0.39 is 5.92 Å². The number of rotatable bonds is 4. The molecule has 0 aliphatic carbocycles. The van der Waals surface area contributed by atoms with Crippen molar-refractivity contribution in [3.05, 3.63) is 33.8 Å². The molecule has 0 heterocycles. The second-order valence-electron chi connectivity index (χ2n) is 5.70. The zero-order chi connectivity index (χ0) is 15.3. The van der Waals surface area contributed by atoms with E-state index >= 15 is 0 Å². The highest BCUT2D eigenvalue weighted by Crippen LogP contribution is 2.25. The van der Waals surface area contributed by atoms with E-state index in [1.54, 1.807) is 12.1 Å². The molecule has 0 saturated carbocycles. The predicted molar refractivity (Wildman–Crippen MR) is 81.7 cm³/mol. The first-order chi connectivity index (χ1) is 9.25. The van der Waals surface area contributed by atoms with E-state index in [-0.39, 0.29) is 11.3 Å². The summed E-state index contributed by atoms with van der Waals surface area (Å²) in [5, 5.41) is 13.0. The third kappa shape index (κ3) is 4.70. The minimum absolute atomic E-state index is 0.245. The maximum absolute atomic E-state index is 12.0. The highest BCUT2D eigenvalue weighted by Gasteiger charge is 2.30. The van der Waals surface area contributed by atoms with Crippen LogP contribution in [0.4, 0.5) is 0 Å². The number of amides is 1. The second-order valence-corrected chi connectivity index (χ2v) is 6.55. The molecule has 0 aliphatic heterocycles. The van der Waals surface area contributed by atoms with Gasteiger partial charge >= 0.3 is 0 Å². The van der Waals surface area contributed by atoms with Crippen molar-refractivity contribution in [2.75, 3.05) is 6.54 Å². The van der Waals surface area contributed by atoms with Crippen molar-refractivity contribution in [1.82, 2.24) is 5.32 Å². The van der Waals surface area contributed by atoms with E-state index in [9.17, 15) is 4.79 Å². The molecule has 1 amide bonds.